The number of aromatic nitrogens is 2. The van der Waals surface area contributed by atoms with Crippen LogP contribution in [0.3, 0.4) is 0 Å². The predicted molar refractivity (Wildman–Crippen MR) is 109 cm³/mol. The fourth-order valence-electron chi connectivity index (χ4n) is 3.57. The van der Waals surface area contributed by atoms with Gasteiger partial charge in [-0.15, -0.1) is 0 Å². The van der Waals surface area contributed by atoms with Crippen LogP contribution in [0.15, 0.2) is 30.6 Å². The van der Waals surface area contributed by atoms with Crippen molar-refractivity contribution in [2.45, 2.75) is 32.7 Å². The van der Waals surface area contributed by atoms with E-state index in [-0.39, 0.29) is 11.8 Å². The Morgan fingerprint density at radius 1 is 1.25 bits per heavy atom. The highest BCUT2D eigenvalue weighted by Crippen LogP contribution is 2.22. The normalized spacial score (nSPS) is 16.1. The topological polar surface area (TPSA) is 79.3 Å². The number of piperidine rings is 1. The molecule has 1 aromatic heterocycles. The molecule has 150 valence electrons. The Bertz CT molecular complexity index is 852. The van der Waals surface area contributed by atoms with Crippen LogP contribution in [0.1, 0.15) is 47.3 Å². The lowest BCUT2D eigenvalue weighted by atomic mass is 9.98. The lowest BCUT2D eigenvalue weighted by molar-refractivity contribution is -0.118. The molecular weight excluding hydrogens is 354 g/mol. The van der Waals surface area contributed by atoms with Crippen molar-refractivity contribution < 1.29 is 9.59 Å². The van der Waals surface area contributed by atoms with Crippen LogP contribution in [-0.4, -0.2) is 46.6 Å². The number of carbonyl (C=O) groups excluding carboxylic acids is 2. The van der Waals surface area contributed by atoms with Crippen LogP contribution in [0, 0.1) is 12.8 Å². The number of carbonyl (C=O) groups is 2. The number of nitrogens with one attached hydrogen (secondary N) is 2. The van der Waals surface area contributed by atoms with Gasteiger partial charge in [0.15, 0.2) is 0 Å². The number of anilines is 1. The monoisotopic (exact) mass is 383 g/mol. The number of hydrogen-bond acceptors (Lipinski definition) is 4. The third kappa shape index (κ3) is 4.42. The van der Waals surface area contributed by atoms with E-state index in [1.807, 2.05) is 37.2 Å². The molecule has 0 spiro atoms. The summed E-state index contributed by atoms with van der Waals surface area (Å²) in [5.41, 5.74) is 3.04. The second-order valence-electron chi connectivity index (χ2n) is 7.66. The maximum absolute atomic E-state index is 12.8. The van der Waals surface area contributed by atoms with Crippen molar-refractivity contribution in [3.8, 4) is 0 Å². The summed E-state index contributed by atoms with van der Waals surface area (Å²) >= 11 is 0. The molecule has 1 atom stereocenters. The van der Waals surface area contributed by atoms with Gasteiger partial charge in [-0.05, 0) is 56.5 Å². The number of nitrogens with zero attached hydrogens (tertiary/aromatic N) is 3. The van der Waals surface area contributed by atoms with Crippen LogP contribution >= 0.6 is 0 Å². The first-order chi connectivity index (χ1) is 13.4. The number of benzene rings is 1. The third-order valence-corrected chi connectivity index (χ3v) is 5.41. The highest BCUT2D eigenvalue weighted by atomic mass is 16.2. The predicted octanol–water partition coefficient (Wildman–Crippen LogP) is 2.50. The van der Waals surface area contributed by atoms with Gasteiger partial charge in [0.1, 0.15) is 6.04 Å². The van der Waals surface area contributed by atoms with Gasteiger partial charge >= 0.3 is 0 Å². The number of rotatable bonds is 5. The molecule has 7 nitrogen and oxygen atoms in total. The molecule has 1 aliphatic heterocycles. The van der Waals surface area contributed by atoms with Gasteiger partial charge in [-0.3, -0.25) is 14.3 Å². The van der Waals surface area contributed by atoms with Crippen LogP contribution in [0.4, 0.5) is 5.69 Å². The summed E-state index contributed by atoms with van der Waals surface area (Å²) in [4.78, 5) is 27.4. The zero-order valence-electron chi connectivity index (χ0n) is 17.0. The zero-order chi connectivity index (χ0) is 20.3. The summed E-state index contributed by atoms with van der Waals surface area (Å²) in [5, 5.41) is 10.1. The first-order valence-corrected chi connectivity index (χ1v) is 9.75. The largest absolute Gasteiger partial charge is 0.339 e. The van der Waals surface area contributed by atoms with Crippen molar-refractivity contribution in [2.24, 2.45) is 13.0 Å². The molecule has 28 heavy (non-hydrogen) atoms. The molecule has 2 heterocycles. The minimum Gasteiger partial charge on any atom is -0.339 e. The van der Waals surface area contributed by atoms with Gasteiger partial charge in [-0.1, -0.05) is 6.92 Å². The van der Waals surface area contributed by atoms with Crippen molar-refractivity contribution >= 4 is 17.5 Å². The van der Waals surface area contributed by atoms with Crippen molar-refractivity contribution in [2.75, 3.05) is 25.5 Å². The molecule has 1 aromatic carbocycles. The van der Waals surface area contributed by atoms with E-state index in [1.54, 1.807) is 24.0 Å². The Kier molecular flexibility index (Phi) is 6.14. The fourth-order valence-corrected chi connectivity index (χ4v) is 3.57. The summed E-state index contributed by atoms with van der Waals surface area (Å²) < 4.78 is 1.67. The van der Waals surface area contributed by atoms with Gasteiger partial charge in [-0.2, -0.15) is 5.10 Å². The quantitative estimate of drug-likeness (QED) is 0.831. The Morgan fingerprint density at radius 2 is 1.96 bits per heavy atom. The molecule has 0 aliphatic carbocycles. The first kappa shape index (κ1) is 20.1. The highest BCUT2D eigenvalue weighted by Gasteiger charge is 2.23. The van der Waals surface area contributed by atoms with E-state index in [4.69, 9.17) is 0 Å². The third-order valence-electron chi connectivity index (χ3n) is 5.41. The van der Waals surface area contributed by atoms with Gasteiger partial charge < -0.3 is 15.5 Å². The zero-order valence-corrected chi connectivity index (χ0v) is 17.0. The van der Waals surface area contributed by atoms with Crippen LogP contribution in [0.25, 0.3) is 0 Å². The molecule has 0 saturated carbocycles. The summed E-state index contributed by atoms with van der Waals surface area (Å²) in [7, 11) is 3.56. The second kappa shape index (κ2) is 8.56. The van der Waals surface area contributed by atoms with Crippen LogP contribution in [0.5, 0.6) is 0 Å². The van der Waals surface area contributed by atoms with E-state index in [1.165, 1.54) is 0 Å². The van der Waals surface area contributed by atoms with Crippen molar-refractivity contribution in [1.82, 2.24) is 20.0 Å². The lowest BCUT2D eigenvalue weighted by Gasteiger charge is -2.30. The smallest absolute Gasteiger partial charge is 0.253 e. The number of likely N-dealkylation sites (tertiary alicyclic amines) is 1. The summed E-state index contributed by atoms with van der Waals surface area (Å²) in [5.74, 6) is 0.586. The van der Waals surface area contributed by atoms with Crippen molar-refractivity contribution in [3.05, 3.63) is 47.3 Å². The maximum Gasteiger partial charge on any atom is 0.253 e. The Hall–Kier alpha value is -2.67. The summed E-state index contributed by atoms with van der Waals surface area (Å²) in [6.07, 6.45) is 5.60. The van der Waals surface area contributed by atoms with E-state index in [0.29, 0.717) is 17.2 Å². The number of aryl methyl sites for hydroxylation is 2. The Labute approximate surface area is 166 Å². The Balaban J connectivity index is 1.70. The van der Waals surface area contributed by atoms with Gasteiger partial charge in [0, 0.05) is 43.1 Å². The molecule has 0 bridgehead atoms. The van der Waals surface area contributed by atoms with Gasteiger partial charge in [0.05, 0.1) is 6.20 Å². The van der Waals surface area contributed by atoms with Gasteiger partial charge in [0.2, 0.25) is 5.91 Å². The minimum atomic E-state index is -0.496. The van der Waals surface area contributed by atoms with Gasteiger partial charge in [0.25, 0.3) is 5.91 Å². The fraction of sp³-hybridized carbons (Fsp3) is 0.476. The van der Waals surface area contributed by atoms with E-state index in [0.717, 1.165) is 37.1 Å². The highest BCUT2D eigenvalue weighted by molar-refractivity contribution is 5.98. The summed E-state index contributed by atoms with van der Waals surface area (Å²) in [6, 6.07) is 4.96. The Morgan fingerprint density at radius 3 is 2.54 bits per heavy atom. The molecule has 1 saturated heterocycles. The maximum atomic E-state index is 12.8. The van der Waals surface area contributed by atoms with Gasteiger partial charge in [-0.25, -0.2) is 0 Å². The van der Waals surface area contributed by atoms with E-state index >= 15 is 0 Å². The molecule has 3 rings (SSSR count). The summed E-state index contributed by atoms with van der Waals surface area (Å²) in [6.45, 7) is 5.76. The molecular formula is C21H29N5O2. The number of likely N-dealkylation sites (N-methyl/N-ethyl adjacent to an activating group) is 1. The van der Waals surface area contributed by atoms with E-state index in [9.17, 15) is 9.59 Å². The average Bonchev–Trinajstić information content (AvgIpc) is 3.10. The number of hydrogen-bond donors (Lipinski definition) is 2. The average molecular weight is 383 g/mol. The molecule has 2 N–H and O–H groups in total. The van der Waals surface area contributed by atoms with Crippen molar-refractivity contribution in [1.29, 1.82) is 0 Å². The molecule has 2 aromatic rings. The van der Waals surface area contributed by atoms with Crippen LogP contribution in [-0.2, 0) is 11.8 Å². The SMILES string of the molecule is CNC(C(=O)Nc1ccc(C(=O)N2CCC(C)CC2)cc1C)c1cnn(C)c1. The first-order valence-electron chi connectivity index (χ1n) is 9.75. The molecule has 2 amide bonds. The standard InChI is InChI=1S/C21H29N5O2/c1-14-7-9-26(10-8-14)21(28)16-5-6-18(15(2)11-16)24-20(27)19(22-3)17-12-23-25(4)13-17/h5-6,11-14,19,22H,7-10H2,1-4H3,(H,24,27). The van der Waals surface area contributed by atoms with Crippen LogP contribution < -0.4 is 10.6 Å². The van der Waals surface area contributed by atoms with Crippen molar-refractivity contribution in [3.63, 3.8) is 0 Å². The number of amides is 2. The lowest BCUT2D eigenvalue weighted by Crippen LogP contribution is -2.37. The van der Waals surface area contributed by atoms with Crippen LogP contribution in [0.2, 0.25) is 0 Å². The molecule has 1 unspecified atom stereocenters. The second-order valence-corrected chi connectivity index (χ2v) is 7.66. The minimum absolute atomic E-state index is 0.0661. The molecule has 1 fully saturated rings. The van der Waals surface area contributed by atoms with E-state index in [2.05, 4.69) is 22.7 Å². The molecule has 7 heteroatoms. The molecule has 1 aliphatic rings. The van der Waals surface area contributed by atoms with E-state index < -0.39 is 6.04 Å². The molecule has 0 radical (unpaired) electrons.